The van der Waals surface area contributed by atoms with Crippen molar-refractivity contribution in [3.8, 4) is 0 Å². The maximum absolute atomic E-state index is 12.4. The van der Waals surface area contributed by atoms with E-state index in [2.05, 4.69) is 29.1 Å². The number of hydrogen-bond acceptors (Lipinski definition) is 6. The fraction of sp³-hybridized carbons (Fsp3) is 0.588. The predicted octanol–water partition coefficient (Wildman–Crippen LogP) is 3.03. The zero-order valence-corrected chi connectivity index (χ0v) is 15.8. The summed E-state index contributed by atoms with van der Waals surface area (Å²) >= 11 is 3.18. The molecule has 7 heteroatoms. The highest BCUT2D eigenvalue weighted by Gasteiger charge is 2.25. The maximum Gasteiger partial charge on any atom is 0.230 e. The molecule has 130 valence electrons. The number of aromatic nitrogens is 2. The number of aryl methyl sites for hydroxylation is 2. The van der Waals surface area contributed by atoms with Crippen LogP contribution >= 0.6 is 23.1 Å². The van der Waals surface area contributed by atoms with Crippen LogP contribution in [0.1, 0.15) is 36.1 Å². The number of thioether (sulfide) groups is 1. The molecule has 1 saturated carbocycles. The Morgan fingerprint density at radius 1 is 1.38 bits per heavy atom. The van der Waals surface area contributed by atoms with Crippen LogP contribution in [0.2, 0.25) is 0 Å². The minimum Gasteiger partial charge on any atom is -0.352 e. The van der Waals surface area contributed by atoms with Crippen LogP contribution in [0.5, 0.6) is 0 Å². The minimum absolute atomic E-state index is 0.0710. The highest BCUT2D eigenvalue weighted by molar-refractivity contribution is 8.00. The van der Waals surface area contributed by atoms with Crippen LogP contribution < -0.4 is 11.1 Å². The van der Waals surface area contributed by atoms with Gasteiger partial charge in [0.1, 0.15) is 16.2 Å². The molecule has 3 N–H and O–H groups in total. The summed E-state index contributed by atoms with van der Waals surface area (Å²) < 4.78 is 0. The van der Waals surface area contributed by atoms with Crippen molar-refractivity contribution in [3.05, 3.63) is 16.8 Å². The lowest BCUT2D eigenvalue weighted by Gasteiger charge is -2.31. The van der Waals surface area contributed by atoms with Gasteiger partial charge in [-0.2, -0.15) is 0 Å². The quantitative estimate of drug-likeness (QED) is 0.629. The zero-order chi connectivity index (χ0) is 17.1. The fourth-order valence-electron chi connectivity index (χ4n) is 3.32. The number of nitrogens with zero attached hydrogens (tertiary/aromatic N) is 2. The van der Waals surface area contributed by atoms with Gasteiger partial charge in [-0.15, -0.1) is 11.3 Å². The van der Waals surface area contributed by atoms with Gasteiger partial charge in [-0.25, -0.2) is 9.97 Å². The van der Waals surface area contributed by atoms with Crippen LogP contribution in [0, 0.1) is 19.8 Å². The maximum atomic E-state index is 12.4. The van der Waals surface area contributed by atoms with Gasteiger partial charge in [0.05, 0.1) is 5.75 Å². The van der Waals surface area contributed by atoms with Crippen molar-refractivity contribution in [2.24, 2.45) is 11.7 Å². The van der Waals surface area contributed by atoms with E-state index in [1.807, 2.05) is 0 Å². The Hall–Kier alpha value is -1.18. The molecule has 0 aromatic carbocycles. The van der Waals surface area contributed by atoms with Gasteiger partial charge in [0.15, 0.2) is 0 Å². The first-order valence-electron chi connectivity index (χ1n) is 8.43. The number of amides is 1. The molecule has 2 aromatic heterocycles. The molecule has 2 atom stereocenters. The third-order valence-electron chi connectivity index (χ3n) is 4.83. The number of nitrogens with two attached hydrogens (primary N) is 1. The van der Waals surface area contributed by atoms with Crippen LogP contribution in [0.25, 0.3) is 10.2 Å². The van der Waals surface area contributed by atoms with E-state index in [1.54, 1.807) is 17.7 Å². The van der Waals surface area contributed by atoms with Gasteiger partial charge >= 0.3 is 0 Å². The summed E-state index contributed by atoms with van der Waals surface area (Å²) in [5.41, 5.74) is 7.06. The molecule has 0 aliphatic heterocycles. The Bertz CT molecular complexity index is 731. The second-order valence-electron chi connectivity index (χ2n) is 6.39. The molecule has 1 fully saturated rings. The molecule has 1 aliphatic rings. The van der Waals surface area contributed by atoms with Gasteiger partial charge in [-0.05, 0) is 44.7 Å². The molecule has 0 bridgehead atoms. The minimum atomic E-state index is 0.0710. The van der Waals surface area contributed by atoms with Crippen LogP contribution in [-0.2, 0) is 4.79 Å². The van der Waals surface area contributed by atoms with Crippen molar-refractivity contribution in [2.75, 3.05) is 12.3 Å². The van der Waals surface area contributed by atoms with E-state index in [0.717, 1.165) is 28.1 Å². The van der Waals surface area contributed by atoms with Gasteiger partial charge in [-0.1, -0.05) is 24.6 Å². The Kier molecular flexibility index (Phi) is 5.73. The molecule has 2 heterocycles. The molecular formula is C17H24N4OS2. The first-order chi connectivity index (χ1) is 11.6. The summed E-state index contributed by atoms with van der Waals surface area (Å²) in [5, 5.41) is 5.17. The van der Waals surface area contributed by atoms with E-state index in [1.165, 1.54) is 35.0 Å². The number of rotatable bonds is 5. The number of fused-ring (bicyclic) bond motifs is 1. The van der Waals surface area contributed by atoms with Crippen LogP contribution in [0.4, 0.5) is 0 Å². The molecule has 24 heavy (non-hydrogen) atoms. The monoisotopic (exact) mass is 364 g/mol. The second-order valence-corrected chi connectivity index (χ2v) is 8.55. The zero-order valence-electron chi connectivity index (χ0n) is 14.2. The fourth-order valence-corrected chi connectivity index (χ4v) is 5.25. The lowest BCUT2D eigenvalue weighted by molar-refractivity contribution is -0.119. The molecule has 0 saturated heterocycles. The molecule has 3 rings (SSSR count). The average molecular weight is 365 g/mol. The molecule has 2 aromatic rings. The third-order valence-corrected chi connectivity index (χ3v) is 6.93. The topological polar surface area (TPSA) is 80.9 Å². The summed E-state index contributed by atoms with van der Waals surface area (Å²) in [6.45, 7) is 4.84. The molecule has 0 spiro atoms. The van der Waals surface area contributed by atoms with Crippen molar-refractivity contribution < 1.29 is 4.79 Å². The number of carbonyl (C=O) groups excluding carboxylic acids is 1. The van der Waals surface area contributed by atoms with Crippen molar-refractivity contribution in [1.82, 2.24) is 15.3 Å². The van der Waals surface area contributed by atoms with E-state index >= 15 is 0 Å². The Morgan fingerprint density at radius 2 is 2.17 bits per heavy atom. The van der Waals surface area contributed by atoms with Crippen molar-refractivity contribution in [3.63, 3.8) is 0 Å². The standard InChI is InChI=1S/C17H24N4OS2/c1-10-11(2)24-17-15(10)16(19-9-20-17)23-8-14(22)21-13-6-4-3-5-12(13)7-18/h9,12-13H,3-8,18H2,1-2H3,(H,21,22). The molecule has 2 unspecified atom stereocenters. The van der Waals surface area contributed by atoms with Crippen LogP contribution in [-0.4, -0.2) is 34.2 Å². The van der Waals surface area contributed by atoms with Crippen molar-refractivity contribution in [2.45, 2.75) is 50.6 Å². The van der Waals surface area contributed by atoms with Gasteiger partial charge in [0.2, 0.25) is 5.91 Å². The summed E-state index contributed by atoms with van der Waals surface area (Å²) in [7, 11) is 0. The normalized spacial score (nSPS) is 21.1. The van der Waals surface area contributed by atoms with Gasteiger partial charge in [0.25, 0.3) is 0 Å². The molecule has 0 radical (unpaired) electrons. The van der Waals surface area contributed by atoms with Crippen LogP contribution in [0.3, 0.4) is 0 Å². The predicted molar refractivity (Wildman–Crippen MR) is 101 cm³/mol. The molecular weight excluding hydrogens is 340 g/mol. The second kappa shape index (κ2) is 7.80. The van der Waals surface area contributed by atoms with Crippen molar-refractivity contribution >= 4 is 39.2 Å². The van der Waals surface area contributed by atoms with Crippen LogP contribution in [0.15, 0.2) is 11.4 Å². The van der Waals surface area contributed by atoms with Crippen molar-refractivity contribution in [1.29, 1.82) is 0 Å². The summed E-state index contributed by atoms with van der Waals surface area (Å²) in [4.78, 5) is 23.3. The van der Waals surface area contributed by atoms with E-state index < -0.39 is 0 Å². The largest absolute Gasteiger partial charge is 0.352 e. The highest BCUT2D eigenvalue weighted by atomic mass is 32.2. The average Bonchev–Trinajstić information content (AvgIpc) is 2.88. The summed E-state index contributed by atoms with van der Waals surface area (Å²) in [5.74, 6) is 0.871. The number of nitrogens with one attached hydrogen (secondary N) is 1. The lowest BCUT2D eigenvalue weighted by atomic mass is 9.84. The lowest BCUT2D eigenvalue weighted by Crippen LogP contribution is -2.45. The third kappa shape index (κ3) is 3.73. The van der Waals surface area contributed by atoms with E-state index in [0.29, 0.717) is 18.2 Å². The van der Waals surface area contributed by atoms with Gasteiger partial charge in [0, 0.05) is 16.3 Å². The summed E-state index contributed by atoms with van der Waals surface area (Å²) in [6, 6.07) is 0.229. The highest BCUT2D eigenvalue weighted by Crippen LogP contribution is 2.34. The molecule has 5 nitrogen and oxygen atoms in total. The SMILES string of the molecule is Cc1sc2ncnc(SCC(=O)NC3CCCCC3CN)c2c1C. The molecule has 1 aliphatic carbocycles. The number of hydrogen-bond donors (Lipinski definition) is 2. The number of carbonyl (C=O) groups is 1. The Balaban J connectivity index is 1.64. The number of thiophene rings is 1. The summed E-state index contributed by atoms with van der Waals surface area (Å²) in [6.07, 6.45) is 6.14. The van der Waals surface area contributed by atoms with E-state index in [9.17, 15) is 4.79 Å². The Morgan fingerprint density at radius 3 is 2.96 bits per heavy atom. The molecule has 1 amide bonds. The first kappa shape index (κ1) is 17.6. The van der Waals surface area contributed by atoms with E-state index in [-0.39, 0.29) is 11.9 Å². The Labute approximate surface area is 150 Å². The van der Waals surface area contributed by atoms with Gasteiger partial charge in [-0.3, -0.25) is 4.79 Å². The first-order valence-corrected chi connectivity index (χ1v) is 10.2. The van der Waals surface area contributed by atoms with Gasteiger partial charge < -0.3 is 11.1 Å². The smallest absolute Gasteiger partial charge is 0.230 e. The van der Waals surface area contributed by atoms with E-state index in [4.69, 9.17) is 5.73 Å².